The van der Waals surface area contributed by atoms with E-state index in [1.165, 1.54) is 11.1 Å². The molecular weight excluding hydrogens is 348 g/mol. The molecule has 0 atom stereocenters. The average Bonchev–Trinajstić information content (AvgIpc) is 3.06. The zero-order valence-corrected chi connectivity index (χ0v) is 16.4. The molecule has 1 aliphatic carbocycles. The van der Waals surface area contributed by atoms with Gasteiger partial charge in [-0.05, 0) is 70.6 Å². The van der Waals surface area contributed by atoms with E-state index in [1.54, 1.807) is 6.07 Å². The molecule has 1 aliphatic rings. The molecule has 0 N–H and O–H groups in total. The molecule has 138 valence electrons. The molecule has 3 rings (SSSR count). The number of fused-ring (bicyclic) bond motifs is 3. The quantitative estimate of drug-likeness (QED) is 0.460. The fourth-order valence-corrected chi connectivity index (χ4v) is 3.58. The van der Waals surface area contributed by atoms with Crippen LogP contribution in [0.5, 0.6) is 5.75 Å². The van der Waals surface area contributed by atoms with Gasteiger partial charge in [-0.1, -0.05) is 28.8 Å². The second kappa shape index (κ2) is 8.13. The van der Waals surface area contributed by atoms with Crippen molar-refractivity contribution in [2.45, 2.75) is 52.9 Å². The van der Waals surface area contributed by atoms with Crippen molar-refractivity contribution >= 4 is 22.6 Å². The van der Waals surface area contributed by atoms with E-state index < -0.39 is 0 Å². The van der Waals surface area contributed by atoms with Gasteiger partial charge >= 0.3 is 5.63 Å². The lowest BCUT2D eigenvalue weighted by molar-refractivity contribution is 0.361. The second-order valence-corrected chi connectivity index (χ2v) is 7.57. The van der Waals surface area contributed by atoms with E-state index >= 15 is 0 Å². The highest BCUT2D eigenvalue weighted by Crippen LogP contribution is 2.34. The van der Waals surface area contributed by atoms with E-state index in [9.17, 15) is 4.79 Å². The van der Waals surface area contributed by atoms with Gasteiger partial charge in [0.25, 0.3) is 0 Å². The fraction of sp³-hybridized carbons (Fsp3) is 0.409. The van der Waals surface area contributed by atoms with E-state index in [1.807, 2.05) is 6.07 Å². The van der Waals surface area contributed by atoms with E-state index in [4.69, 9.17) is 20.8 Å². The first kappa shape index (κ1) is 18.8. The van der Waals surface area contributed by atoms with Gasteiger partial charge in [0.1, 0.15) is 17.9 Å². The summed E-state index contributed by atoms with van der Waals surface area (Å²) < 4.78 is 11.3. The molecule has 0 unspecified atom stereocenters. The minimum absolute atomic E-state index is 0.228. The first-order valence-corrected chi connectivity index (χ1v) is 9.53. The molecule has 0 saturated carbocycles. The van der Waals surface area contributed by atoms with Crippen LogP contribution in [-0.2, 0) is 12.8 Å². The molecule has 2 aromatic rings. The highest BCUT2D eigenvalue weighted by Gasteiger charge is 2.20. The van der Waals surface area contributed by atoms with Crippen molar-refractivity contribution in [1.29, 1.82) is 0 Å². The van der Waals surface area contributed by atoms with Gasteiger partial charge in [-0.2, -0.15) is 0 Å². The second-order valence-electron chi connectivity index (χ2n) is 7.16. The molecule has 4 heteroatoms. The summed E-state index contributed by atoms with van der Waals surface area (Å²) in [5.74, 6) is 0.550. The number of allylic oxidation sites excluding steroid dienone is 3. The predicted octanol–water partition coefficient (Wildman–Crippen LogP) is 6.01. The van der Waals surface area contributed by atoms with Gasteiger partial charge in [-0.15, -0.1) is 0 Å². The first-order chi connectivity index (χ1) is 12.5. The zero-order chi connectivity index (χ0) is 18.7. The molecule has 3 nitrogen and oxygen atoms in total. The standard InChI is InChI=1S/C22H25ClO3/c1-14(2)6-4-7-15(3)10-11-25-21-13-20-18(12-19(21)23)16-8-5-9-17(16)22(24)26-20/h6,10,12-13H,4-5,7-9,11H2,1-3H3/b15-10+. The van der Waals surface area contributed by atoms with Crippen LogP contribution in [0.15, 0.2) is 44.6 Å². The Morgan fingerprint density at radius 3 is 2.73 bits per heavy atom. The Morgan fingerprint density at radius 2 is 1.96 bits per heavy atom. The fourth-order valence-electron chi connectivity index (χ4n) is 3.36. The van der Waals surface area contributed by atoms with Crippen molar-refractivity contribution in [2.75, 3.05) is 6.61 Å². The Labute approximate surface area is 159 Å². The monoisotopic (exact) mass is 372 g/mol. The third-order valence-electron chi connectivity index (χ3n) is 4.79. The van der Waals surface area contributed by atoms with Crippen LogP contribution in [0.2, 0.25) is 5.02 Å². The lowest BCUT2D eigenvalue weighted by atomic mass is 10.1. The highest BCUT2D eigenvalue weighted by atomic mass is 35.5. The van der Waals surface area contributed by atoms with Gasteiger partial charge in [-0.3, -0.25) is 0 Å². The maximum absolute atomic E-state index is 12.1. The third-order valence-corrected chi connectivity index (χ3v) is 5.08. The summed E-state index contributed by atoms with van der Waals surface area (Å²) in [6.07, 6.45) is 9.05. The van der Waals surface area contributed by atoms with Gasteiger partial charge in [0.15, 0.2) is 0 Å². The molecule has 0 bridgehead atoms. The van der Waals surface area contributed by atoms with E-state index in [-0.39, 0.29) is 5.63 Å². The average molecular weight is 373 g/mol. The lowest BCUT2D eigenvalue weighted by Gasteiger charge is -2.10. The molecule has 1 aromatic heterocycles. The van der Waals surface area contributed by atoms with Crippen LogP contribution in [0.3, 0.4) is 0 Å². The molecule has 0 radical (unpaired) electrons. The van der Waals surface area contributed by atoms with Crippen molar-refractivity contribution in [3.05, 3.63) is 62.0 Å². The number of hydrogen-bond donors (Lipinski definition) is 0. The minimum Gasteiger partial charge on any atom is -0.488 e. The number of aryl methyl sites for hydroxylation is 1. The van der Waals surface area contributed by atoms with E-state index in [0.29, 0.717) is 23.0 Å². The summed E-state index contributed by atoms with van der Waals surface area (Å²) in [5.41, 5.74) is 4.83. The maximum atomic E-state index is 12.1. The van der Waals surface area contributed by atoms with Crippen molar-refractivity contribution in [1.82, 2.24) is 0 Å². The molecule has 26 heavy (non-hydrogen) atoms. The van der Waals surface area contributed by atoms with Gasteiger partial charge in [0.2, 0.25) is 0 Å². The SMILES string of the molecule is CC(C)=CCC/C(C)=C/COc1cc2oc(=O)c3c(c2cc1Cl)CCC3. The molecular formula is C22H25ClO3. The normalized spacial score (nSPS) is 13.8. The molecule has 0 aliphatic heterocycles. The lowest BCUT2D eigenvalue weighted by Crippen LogP contribution is -2.07. The van der Waals surface area contributed by atoms with Gasteiger partial charge in [0.05, 0.1) is 5.02 Å². The Bertz CT molecular complexity index is 931. The number of benzene rings is 1. The Kier molecular flexibility index (Phi) is 5.87. The summed E-state index contributed by atoms with van der Waals surface area (Å²) in [5, 5.41) is 1.49. The van der Waals surface area contributed by atoms with Crippen LogP contribution in [0, 0.1) is 0 Å². The predicted molar refractivity (Wildman–Crippen MR) is 107 cm³/mol. The van der Waals surface area contributed by atoms with Crippen LogP contribution in [0.4, 0.5) is 0 Å². The van der Waals surface area contributed by atoms with E-state index in [0.717, 1.165) is 48.6 Å². The topological polar surface area (TPSA) is 39.4 Å². The van der Waals surface area contributed by atoms with Crippen molar-refractivity contribution in [3.63, 3.8) is 0 Å². The van der Waals surface area contributed by atoms with Crippen LogP contribution in [0.1, 0.15) is 51.2 Å². The third kappa shape index (κ3) is 4.21. The van der Waals surface area contributed by atoms with Crippen LogP contribution < -0.4 is 10.4 Å². The summed E-state index contributed by atoms with van der Waals surface area (Å²) in [7, 11) is 0. The van der Waals surface area contributed by atoms with Gasteiger partial charge in [0, 0.05) is 17.0 Å². The Morgan fingerprint density at radius 1 is 1.19 bits per heavy atom. The summed E-state index contributed by atoms with van der Waals surface area (Å²) in [4.78, 5) is 12.1. The number of halogens is 1. The van der Waals surface area contributed by atoms with Crippen molar-refractivity contribution < 1.29 is 9.15 Å². The maximum Gasteiger partial charge on any atom is 0.339 e. The first-order valence-electron chi connectivity index (χ1n) is 9.15. The Balaban J connectivity index is 1.75. The van der Waals surface area contributed by atoms with Crippen LogP contribution >= 0.6 is 11.6 Å². The summed E-state index contributed by atoms with van der Waals surface area (Å²) in [6.45, 7) is 6.77. The summed E-state index contributed by atoms with van der Waals surface area (Å²) >= 11 is 6.41. The number of hydrogen-bond acceptors (Lipinski definition) is 3. The van der Waals surface area contributed by atoms with Crippen LogP contribution in [-0.4, -0.2) is 6.61 Å². The largest absolute Gasteiger partial charge is 0.488 e. The molecule has 0 saturated heterocycles. The number of rotatable bonds is 6. The molecule has 1 aromatic carbocycles. The van der Waals surface area contributed by atoms with Crippen molar-refractivity contribution in [2.24, 2.45) is 0 Å². The van der Waals surface area contributed by atoms with Gasteiger partial charge in [-0.25, -0.2) is 4.79 Å². The smallest absolute Gasteiger partial charge is 0.339 e. The van der Waals surface area contributed by atoms with Crippen LogP contribution in [0.25, 0.3) is 11.0 Å². The minimum atomic E-state index is -0.228. The molecule has 0 spiro atoms. The van der Waals surface area contributed by atoms with E-state index in [2.05, 4.69) is 32.9 Å². The molecule has 1 heterocycles. The van der Waals surface area contributed by atoms with Gasteiger partial charge < -0.3 is 9.15 Å². The number of ether oxygens (including phenoxy) is 1. The highest BCUT2D eigenvalue weighted by molar-refractivity contribution is 6.32. The Hall–Kier alpha value is -2.00. The zero-order valence-electron chi connectivity index (χ0n) is 15.7. The molecule has 0 amide bonds. The summed E-state index contributed by atoms with van der Waals surface area (Å²) in [6, 6.07) is 3.61. The van der Waals surface area contributed by atoms with Crippen molar-refractivity contribution in [3.8, 4) is 5.75 Å². The molecule has 0 fully saturated rings.